The number of ether oxygens (including phenoxy) is 1. The molecule has 3 heteroatoms. The van der Waals surface area contributed by atoms with Crippen molar-refractivity contribution in [1.29, 1.82) is 0 Å². The summed E-state index contributed by atoms with van der Waals surface area (Å²) < 4.78 is 5.14. The Labute approximate surface area is 116 Å². The number of rotatable bonds is 7. The summed E-state index contributed by atoms with van der Waals surface area (Å²) in [5, 5.41) is 4.35. The molecule has 0 bridgehead atoms. The smallest absolute Gasteiger partial charge is 0.0467 e. The van der Waals surface area contributed by atoms with Crippen molar-refractivity contribution >= 4 is 11.6 Å². The monoisotopic (exact) mass is 269 g/mol. The van der Waals surface area contributed by atoms with Crippen LogP contribution in [0, 0.1) is 5.41 Å². The summed E-state index contributed by atoms with van der Waals surface area (Å²) >= 11 is 5.89. The number of halogens is 1. The second-order valence-electron chi connectivity index (χ2n) is 5.56. The van der Waals surface area contributed by atoms with Gasteiger partial charge in [-0.1, -0.05) is 37.6 Å². The lowest BCUT2D eigenvalue weighted by Gasteiger charge is -2.27. The van der Waals surface area contributed by atoms with Crippen LogP contribution < -0.4 is 5.32 Å². The molecule has 0 radical (unpaired) electrons. The van der Waals surface area contributed by atoms with Gasteiger partial charge in [-0.15, -0.1) is 0 Å². The van der Waals surface area contributed by atoms with Crippen LogP contribution in [0.2, 0.25) is 5.02 Å². The van der Waals surface area contributed by atoms with Crippen molar-refractivity contribution in [3.63, 3.8) is 0 Å². The van der Waals surface area contributed by atoms with Gasteiger partial charge in [0.05, 0.1) is 0 Å². The van der Waals surface area contributed by atoms with E-state index in [-0.39, 0.29) is 5.41 Å². The van der Waals surface area contributed by atoms with Crippen molar-refractivity contribution in [3.8, 4) is 0 Å². The van der Waals surface area contributed by atoms with Crippen molar-refractivity contribution in [2.45, 2.75) is 33.2 Å². The Kier molecular flexibility index (Phi) is 6.13. The van der Waals surface area contributed by atoms with Gasteiger partial charge in [0, 0.05) is 31.3 Å². The van der Waals surface area contributed by atoms with Gasteiger partial charge < -0.3 is 10.1 Å². The third-order valence-electron chi connectivity index (χ3n) is 3.24. The third-order valence-corrected chi connectivity index (χ3v) is 3.49. The van der Waals surface area contributed by atoms with Crippen LogP contribution in [0.4, 0.5) is 0 Å². The molecular weight excluding hydrogens is 246 g/mol. The molecule has 0 amide bonds. The molecule has 0 fully saturated rings. The Morgan fingerprint density at radius 3 is 2.44 bits per heavy atom. The molecule has 18 heavy (non-hydrogen) atoms. The molecule has 1 rings (SSSR count). The molecule has 0 aliphatic rings. The lowest BCUT2D eigenvalue weighted by molar-refractivity contribution is 0.149. The van der Waals surface area contributed by atoms with Crippen LogP contribution in [0.15, 0.2) is 24.3 Å². The maximum absolute atomic E-state index is 5.89. The minimum Gasteiger partial charge on any atom is -0.385 e. The van der Waals surface area contributed by atoms with E-state index in [1.54, 1.807) is 7.11 Å². The highest BCUT2D eigenvalue weighted by Gasteiger charge is 2.18. The largest absolute Gasteiger partial charge is 0.385 e. The predicted molar refractivity (Wildman–Crippen MR) is 78.1 cm³/mol. The van der Waals surface area contributed by atoms with Crippen LogP contribution in [0.25, 0.3) is 0 Å². The Morgan fingerprint density at radius 1 is 1.28 bits per heavy atom. The molecule has 2 nitrogen and oxygen atoms in total. The summed E-state index contributed by atoms with van der Waals surface area (Å²) in [7, 11) is 1.75. The number of hydrogen-bond donors (Lipinski definition) is 1. The summed E-state index contributed by atoms with van der Waals surface area (Å²) in [4.78, 5) is 0. The normalized spacial score (nSPS) is 13.6. The molecule has 0 aliphatic heterocycles. The topological polar surface area (TPSA) is 21.3 Å². The highest BCUT2D eigenvalue weighted by Crippen LogP contribution is 2.21. The van der Waals surface area contributed by atoms with E-state index in [1.807, 2.05) is 12.1 Å². The van der Waals surface area contributed by atoms with E-state index in [0.29, 0.717) is 6.04 Å². The maximum atomic E-state index is 5.89. The van der Waals surface area contributed by atoms with E-state index in [4.69, 9.17) is 16.3 Å². The molecule has 1 aromatic rings. The van der Waals surface area contributed by atoms with E-state index in [1.165, 1.54) is 5.56 Å². The average Bonchev–Trinajstić information content (AvgIpc) is 2.35. The summed E-state index contributed by atoms with van der Waals surface area (Å²) in [6, 6.07) is 8.35. The van der Waals surface area contributed by atoms with E-state index < -0.39 is 0 Å². The van der Waals surface area contributed by atoms with Crippen molar-refractivity contribution in [1.82, 2.24) is 5.32 Å². The van der Waals surface area contributed by atoms with Crippen molar-refractivity contribution < 1.29 is 4.74 Å². The standard InChI is InChI=1S/C15H24ClNO/c1-12(13-5-7-14(16)8-6-13)17-11-15(2,3)9-10-18-4/h5-8,12,17H,9-11H2,1-4H3. The van der Waals surface area contributed by atoms with E-state index >= 15 is 0 Å². The van der Waals surface area contributed by atoms with Crippen LogP contribution >= 0.6 is 11.6 Å². The molecule has 0 aromatic heterocycles. The van der Waals surface area contributed by atoms with Crippen LogP contribution in [0.3, 0.4) is 0 Å². The van der Waals surface area contributed by atoms with E-state index in [9.17, 15) is 0 Å². The zero-order chi connectivity index (χ0) is 13.6. The maximum Gasteiger partial charge on any atom is 0.0467 e. The van der Waals surface area contributed by atoms with Crippen molar-refractivity contribution in [3.05, 3.63) is 34.9 Å². The summed E-state index contributed by atoms with van der Waals surface area (Å²) in [6.07, 6.45) is 1.06. The van der Waals surface area contributed by atoms with Crippen molar-refractivity contribution in [2.75, 3.05) is 20.3 Å². The first-order chi connectivity index (χ1) is 8.44. The molecule has 1 atom stereocenters. The molecule has 1 N–H and O–H groups in total. The van der Waals surface area contributed by atoms with E-state index in [2.05, 4.69) is 38.2 Å². The quantitative estimate of drug-likeness (QED) is 0.806. The summed E-state index contributed by atoms with van der Waals surface area (Å²) in [5.74, 6) is 0. The van der Waals surface area contributed by atoms with Gasteiger partial charge in [0.25, 0.3) is 0 Å². The van der Waals surface area contributed by atoms with Crippen molar-refractivity contribution in [2.24, 2.45) is 5.41 Å². The molecule has 0 saturated heterocycles. The van der Waals surface area contributed by atoms with Gasteiger partial charge in [-0.3, -0.25) is 0 Å². The van der Waals surface area contributed by atoms with Gasteiger partial charge in [-0.2, -0.15) is 0 Å². The molecule has 0 spiro atoms. The first kappa shape index (κ1) is 15.5. The number of nitrogens with one attached hydrogen (secondary N) is 1. The van der Waals surface area contributed by atoms with Gasteiger partial charge >= 0.3 is 0 Å². The SMILES string of the molecule is COCCC(C)(C)CNC(C)c1ccc(Cl)cc1. The molecule has 1 aromatic carbocycles. The van der Waals surface area contributed by atoms with Crippen LogP contribution in [-0.2, 0) is 4.74 Å². The Hall–Kier alpha value is -0.570. The van der Waals surface area contributed by atoms with Gasteiger partial charge in [-0.25, -0.2) is 0 Å². The van der Waals surface area contributed by atoms with Gasteiger partial charge in [0.15, 0.2) is 0 Å². The zero-order valence-corrected chi connectivity index (χ0v) is 12.6. The van der Waals surface area contributed by atoms with E-state index in [0.717, 1.165) is 24.6 Å². The van der Waals surface area contributed by atoms with Gasteiger partial charge in [0.2, 0.25) is 0 Å². The molecule has 102 valence electrons. The molecule has 1 unspecified atom stereocenters. The second kappa shape index (κ2) is 7.13. The predicted octanol–water partition coefficient (Wildman–Crippen LogP) is 4.05. The Balaban J connectivity index is 2.45. The number of hydrogen-bond acceptors (Lipinski definition) is 2. The van der Waals surface area contributed by atoms with Crippen LogP contribution in [0.1, 0.15) is 38.8 Å². The number of methoxy groups -OCH3 is 1. The first-order valence-corrected chi connectivity index (χ1v) is 6.80. The molecular formula is C15H24ClNO. The lowest BCUT2D eigenvalue weighted by Crippen LogP contribution is -2.32. The molecule has 0 heterocycles. The fourth-order valence-electron chi connectivity index (χ4n) is 1.77. The number of benzene rings is 1. The zero-order valence-electron chi connectivity index (χ0n) is 11.8. The lowest BCUT2D eigenvalue weighted by atomic mass is 9.89. The summed E-state index contributed by atoms with van der Waals surface area (Å²) in [6.45, 7) is 8.47. The third kappa shape index (κ3) is 5.38. The Bertz CT molecular complexity index is 348. The fourth-order valence-corrected chi connectivity index (χ4v) is 1.89. The second-order valence-corrected chi connectivity index (χ2v) is 6.00. The van der Waals surface area contributed by atoms with Gasteiger partial charge in [0.1, 0.15) is 0 Å². The average molecular weight is 270 g/mol. The highest BCUT2D eigenvalue weighted by atomic mass is 35.5. The minimum atomic E-state index is 0.247. The minimum absolute atomic E-state index is 0.247. The van der Waals surface area contributed by atoms with Crippen LogP contribution in [-0.4, -0.2) is 20.3 Å². The Morgan fingerprint density at radius 2 is 1.89 bits per heavy atom. The summed E-state index contributed by atoms with van der Waals surface area (Å²) in [5.41, 5.74) is 1.51. The molecule has 0 saturated carbocycles. The first-order valence-electron chi connectivity index (χ1n) is 6.42. The van der Waals surface area contributed by atoms with Gasteiger partial charge in [-0.05, 0) is 36.5 Å². The van der Waals surface area contributed by atoms with Crippen LogP contribution in [0.5, 0.6) is 0 Å². The fraction of sp³-hybridized carbons (Fsp3) is 0.600. The highest BCUT2D eigenvalue weighted by molar-refractivity contribution is 6.30. The molecule has 0 aliphatic carbocycles.